The van der Waals surface area contributed by atoms with Crippen molar-refractivity contribution in [2.75, 3.05) is 11.9 Å². The molecule has 0 saturated carbocycles. The van der Waals surface area contributed by atoms with Crippen molar-refractivity contribution in [2.24, 2.45) is 5.92 Å². The second-order valence-electron chi connectivity index (χ2n) is 8.05. The molecule has 0 aliphatic heterocycles. The van der Waals surface area contributed by atoms with E-state index < -0.39 is 5.82 Å². The van der Waals surface area contributed by atoms with Crippen LogP contribution < -0.4 is 5.32 Å². The van der Waals surface area contributed by atoms with Crippen molar-refractivity contribution in [3.63, 3.8) is 0 Å². The summed E-state index contributed by atoms with van der Waals surface area (Å²) in [6, 6.07) is 13.6. The number of rotatable bonds is 7. The first-order valence-electron chi connectivity index (χ1n) is 10.4. The first-order valence-corrected chi connectivity index (χ1v) is 10.8. The number of carbonyl (C=O) groups is 2. The predicted molar refractivity (Wildman–Crippen MR) is 124 cm³/mol. The molecule has 0 fully saturated rings. The van der Waals surface area contributed by atoms with Gasteiger partial charge in [0.15, 0.2) is 0 Å². The molecule has 0 unspecified atom stereocenters. The van der Waals surface area contributed by atoms with Gasteiger partial charge < -0.3 is 4.90 Å². The number of nitrogens with one attached hydrogen (secondary N) is 1. The topological polar surface area (TPSA) is 67.2 Å². The smallest absolute Gasteiger partial charge is 0.246 e. The van der Waals surface area contributed by atoms with Crippen LogP contribution in [0.3, 0.4) is 0 Å². The number of nitrogens with zero attached hydrogens (tertiary/aromatic N) is 3. The maximum Gasteiger partial charge on any atom is 0.246 e. The van der Waals surface area contributed by atoms with Crippen LogP contribution in [0, 0.1) is 11.7 Å². The lowest BCUT2D eigenvalue weighted by molar-refractivity contribution is -0.139. The minimum absolute atomic E-state index is 0.0387. The summed E-state index contributed by atoms with van der Waals surface area (Å²) in [5.41, 5.74) is 2.02. The van der Waals surface area contributed by atoms with Gasteiger partial charge >= 0.3 is 0 Å². The van der Waals surface area contributed by atoms with E-state index in [1.807, 2.05) is 44.2 Å². The van der Waals surface area contributed by atoms with E-state index in [2.05, 4.69) is 10.3 Å². The normalized spacial score (nSPS) is 11.1. The van der Waals surface area contributed by atoms with Crippen molar-refractivity contribution in [1.82, 2.24) is 14.5 Å². The Morgan fingerprint density at radius 3 is 2.41 bits per heavy atom. The van der Waals surface area contributed by atoms with Gasteiger partial charge in [-0.05, 0) is 32.0 Å². The predicted octanol–water partition coefficient (Wildman–Crippen LogP) is 5.16. The van der Waals surface area contributed by atoms with Crippen LogP contribution in [0.5, 0.6) is 0 Å². The Morgan fingerprint density at radius 1 is 1.12 bits per heavy atom. The summed E-state index contributed by atoms with van der Waals surface area (Å²) in [6.07, 6.45) is 1.74. The summed E-state index contributed by atoms with van der Waals surface area (Å²) in [5, 5.41) is 2.76. The van der Waals surface area contributed by atoms with Gasteiger partial charge in [-0.2, -0.15) is 0 Å². The van der Waals surface area contributed by atoms with Crippen molar-refractivity contribution in [3.05, 3.63) is 65.6 Å². The summed E-state index contributed by atoms with van der Waals surface area (Å²) in [6.45, 7) is 7.22. The third-order valence-electron chi connectivity index (χ3n) is 4.92. The van der Waals surface area contributed by atoms with Crippen LogP contribution in [0.2, 0.25) is 5.02 Å². The molecule has 32 heavy (non-hydrogen) atoms. The number of aromatic nitrogens is 2. The van der Waals surface area contributed by atoms with Gasteiger partial charge in [0.2, 0.25) is 17.8 Å². The van der Waals surface area contributed by atoms with Crippen molar-refractivity contribution >= 4 is 29.4 Å². The average molecular weight is 457 g/mol. The number of benzene rings is 2. The summed E-state index contributed by atoms with van der Waals surface area (Å²) >= 11 is 5.97. The molecule has 1 aromatic heterocycles. The number of carbonyl (C=O) groups excluding carboxylic acids is 2. The zero-order valence-corrected chi connectivity index (χ0v) is 19.2. The van der Waals surface area contributed by atoms with E-state index in [1.54, 1.807) is 30.7 Å². The Labute approximate surface area is 192 Å². The quantitative estimate of drug-likeness (QED) is 0.533. The Bertz CT molecular complexity index is 1110. The fourth-order valence-electron chi connectivity index (χ4n) is 3.21. The molecular weight excluding hydrogens is 431 g/mol. The molecule has 0 bridgehead atoms. The molecule has 0 aliphatic rings. The van der Waals surface area contributed by atoms with Gasteiger partial charge in [-0.25, -0.2) is 9.37 Å². The Morgan fingerprint density at radius 2 is 1.81 bits per heavy atom. The Kier molecular flexibility index (Phi) is 7.30. The van der Waals surface area contributed by atoms with E-state index in [4.69, 9.17) is 11.6 Å². The molecule has 0 aliphatic carbocycles. The summed E-state index contributed by atoms with van der Waals surface area (Å²) in [5.74, 6) is -0.999. The van der Waals surface area contributed by atoms with Crippen LogP contribution in [0.1, 0.15) is 27.7 Å². The second-order valence-corrected chi connectivity index (χ2v) is 8.45. The highest BCUT2D eigenvalue weighted by Gasteiger charge is 2.23. The molecular formula is C24H26ClFN4O2. The average Bonchev–Trinajstić information content (AvgIpc) is 3.17. The second kappa shape index (κ2) is 9.96. The third kappa shape index (κ3) is 5.34. The van der Waals surface area contributed by atoms with E-state index >= 15 is 0 Å². The first kappa shape index (κ1) is 23.5. The van der Waals surface area contributed by atoms with Gasteiger partial charge in [0.1, 0.15) is 12.4 Å². The van der Waals surface area contributed by atoms with Crippen molar-refractivity contribution in [2.45, 2.75) is 33.7 Å². The maximum absolute atomic E-state index is 13.7. The minimum atomic E-state index is -0.538. The molecule has 1 N–H and O–H groups in total. The van der Waals surface area contributed by atoms with Gasteiger partial charge in [-0.1, -0.05) is 55.8 Å². The SMILES string of the molecule is CC(C)C(=O)N(CC(=O)Nc1nc(-c2ccccc2)cn1-c1ccc(F)c(Cl)c1)C(C)C. The monoisotopic (exact) mass is 456 g/mol. The van der Waals surface area contributed by atoms with Gasteiger partial charge in [0.05, 0.1) is 16.4 Å². The molecule has 0 atom stereocenters. The van der Waals surface area contributed by atoms with Gasteiger partial charge in [0, 0.05) is 23.7 Å². The molecule has 2 aromatic carbocycles. The summed E-state index contributed by atoms with van der Waals surface area (Å²) in [7, 11) is 0. The van der Waals surface area contributed by atoms with Crippen LogP contribution in [0.25, 0.3) is 16.9 Å². The van der Waals surface area contributed by atoms with E-state index in [9.17, 15) is 14.0 Å². The Hall–Kier alpha value is -3.19. The van der Waals surface area contributed by atoms with Crippen molar-refractivity contribution in [3.8, 4) is 16.9 Å². The molecule has 0 radical (unpaired) electrons. The van der Waals surface area contributed by atoms with E-state index in [0.29, 0.717) is 11.4 Å². The molecule has 1 heterocycles. The molecule has 8 heteroatoms. The van der Waals surface area contributed by atoms with Crippen LogP contribution in [0.15, 0.2) is 54.7 Å². The number of anilines is 1. The fraction of sp³-hybridized carbons (Fsp3) is 0.292. The van der Waals surface area contributed by atoms with Crippen molar-refractivity contribution < 1.29 is 14.0 Å². The third-order valence-corrected chi connectivity index (χ3v) is 5.21. The highest BCUT2D eigenvalue weighted by Crippen LogP contribution is 2.26. The minimum Gasteiger partial charge on any atom is -0.331 e. The van der Waals surface area contributed by atoms with Crippen molar-refractivity contribution in [1.29, 1.82) is 0 Å². The molecule has 0 spiro atoms. The van der Waals surface area contributed by atoms with E-state index in [0.717, 1.165) is 5.56 Å². The van der Waals surface area contributed by atoms with Crippen LogP contribution in [0.4, 0.5) is 10.3 Å². The number of hydrogen-bond donors (Lipinski definition) is 1. The van der Waals surface area contributed by atoms with Gasteiger partial charge in [0.25, 0.3) is 0 Å². The standard InChI is InChI=1S/C24H26ClFN4O2/c1-15(2)23(32)29(16(3)4)14-22(31)28-24-27-21(17-8-6-5-7-9-17)13-30(24)18-10-11-20(26)19(25)12-18/h5-13,15-16H,14H2,1-4H3,(H,27,28,31). The lowest BCUT2D eigenvalue weighted by Gasteiger charge is -2.27. The highest BCUT2D eigenvalue weighted by molar-refractivity contribution is 6.30. The largest absolute Gasteiger partial charge is 0.331 e. The zero-order valence-electron chi connectivity index (χ0n) is 18.5. The maximum atomic E-state index is 13.7. The van der Waals surface area contributed by atoms with Gasteiger partial charge in [-0.3, -0.25) is 19.5 Å². The fourth-order valence-corrected chi connectivity index (χ4v) is 3.39. The molecule has 3 aromatic rings. The lowest BCUT2D eigenvalue weighted by atomic mass is 10.1. The number of amides is 2. The van der Waals surface area contributed by atoms with Crippen LogP contribution in [-0.2, 0) is 9.59 Å². The van der Waals surface area contributed by atoms with Gasteiger partial charge in [-0.15, -0.1) is 0 Å². The first-order chi connectivity index (χ1) is 15.2. The molecule has 0 saturated heterocycles. The van der Waals surface area contributed by atoms with Crippen LogP contribution in [-0.4, -0.2) is 38.9 Å². The number of hydrogen-bond acceptors (Lipinski definition) is 3. The molecule has 6 nitrogen and oxygen atoms in total. The Balaban J connectivity index is 1.95. The number of imidazole rings is 1. The summed E-state index contributed by atoms with van der Waals surface area (Å²) < 4.78 is 15.3. The lowest BCUT2D eigenvalue weighted by Crippen LogP contribution is -2.44. The van der Waals surface area contributed by atoms with Crippen LogP contribution >= 0.6 is 11.6 Å². The number of halogens is 2. The molecule has 168 valence electrons. The zero-order chi connectivity index (χ0) is 23.4. The van der Waals surface area contributed by atoms with E-state index in [1.165, 1.54) is 17.0 Å². The highest BCUT2D eigenvalue weighted by atomic mass is 35.5. The molecule has 2 amide bonds. The molecule has 3 rings (SSSR count). The summed E-state index contributed by atoms with van der Waals surface area (Å²) in [4.78, 5) is 31.5. The van der Waals surface area contributed by atoms with E-state index in [-0.39, 0.29) is 41.3 Å².